The number of esters is 1. The number of hydrogen-bond acceptors (Lipinski definition) is 6. The van der Waals surface area contributed by atoms with Crippen LogP contribution in [0.1, 0.15) is 15.2 Å². The van der Waals surface area contributed by atoms with Gasteiger partial charge in [-0.25, -0.2) is 4.79 Å². The Morgan fingerprint density at radius 1 is 1.59 bits per heavy atom. The van der Waals surface area contributed by atoms with Crippen LogP contribution < -0.4 is 0 Å². The summed E-state index contributed by atoms with van der Waals surface area (Å²) < 4.78 is 11.0. The number of ether oxygens (including phenoxy) is 1. The van der Waals surface area contributed by atoms with E-state index in [2.05, 4.69) is 5.16 Å². The molecule has 0 aliphatic heterocycles. The lowest BCUT2D eigenvalue weighted by atomic mass is 10.1. The summed E-state index contributed by atoms with van der Waals surface area (Å²) in [6.07, 6.45) is 3.56. The van der Waals surface area contributed by atoms with Crippen LogP contribution in [0.2, 0.25) is 0 Å². The van der Waals surface area contributed by atoms with Crippen LogP contribution in [0.5, 0.6) is 0 Å². The first-order chi connectivity index (χ1) is 8.19. The van der Waals surface area contributed by atoms with Gasteiger partial charge >= 0.3 is 5.97 Å². The molecule has 2 rings (SSSR count). The molecule has 4 nitrogen and oxygen atoms in total. The third-order valence-electron chi connectivity index (χ3n) is 2.35. The smallest absolute Gasteiger partial charge is 0.348 e. The van der Waals surface area contributed by atoms with E-state index >= 15 is 0 Å². The van der Waals surface area contributed by atoms with Crippen LogP contribution in [0.3, 0.4) is 0 Å². The highest BCUT2D eigenvalue weighted by Crippen LogP contribution is 2.41. The second-order valence-electron chi connectivity index (χ2n) is 3.29. The lowest BCUT2D eigenvalue weighted by Gasteiger charge is -1.98. The summed E-state index contributed by atoms with van der Waals surface area (Å²) in [5.41, 5.74) is 1.81. The van der Waals surface area contributed by atoms with E-state index in [0.717, 1.165) is 15.3 Å². The van der Waals surface area contributed by atoms with Gasteiger partial charge in [0.15, 0.2) is 5.76 Å². The van der Waals surface area contributed by atoms with Crippen molar-refractivity contribution in [1.29, 1.82) is 0 Å². The summed E-state index contributed by atoms with van der Waals surface area (Å²) in [5, 5.41) is 3.69. The predicted molar refractivity (Wildman–Crippen MR) is 67.7 cm³/mol. The number of hydrogen-bond donors (Lipinski definition) is 0. The Hall–Kier alpha value is -1.27. The molecule has 2 aromatic heterocycles. The van der Waals surface area contributed by atoms with Crippen LogP contribution in [0.15, 0.2) is 21.0 Å². The van der Waals surface area contributed by atoms with Gasteiger partial charge in [0.1, 0.15) is 4.88 Å². The molecule has 0 bridgehead atoms. The number of thiophene rings is 1. The van der Waals surface area contributed by atoms with Gasteiger partial charge in [-0.1, -0.05) is 5.16 Å². The number of methoxy groups -OCH3 is 1. The molecule has 90 valence electrons. The van der Waals surface area contributed by atoms with Crippen LogP contribution in [0.25, 0.3) is 11.3 Å². The first kappa shape index (κ1) is 12.2. The highest BCUT2D eigenvalue weighted by atomic mass is 32.2. The monoisotopic (exact) mass is 269 g/mol. The van der Waals surface area contributed by atoms with E-state index in [1.54, 1.807) is 24.0 Å². The summed E-state index contributed by atoms with van der Waals surface area (Å²) >= 11 is 3.00. The molecule has 0 radical (unpaired) electrons. The molecule has 0 aliphatic carbocycles. The van der Waals surface area contributed by atoms with Crippen molar-refractivity contribution in [2.75, 3.05) is 13.4 Å². The first-order valence-electron chi connectivity index (χ1n) is 4.85. The van der Waals surface area contributed by atoms with Crippen molar-refractivity contribution in [3.8, 4) is 11.3 Å². The van der Waals surface area contributed by atoms with Crippen LogP contribution in [-0.4, -0.2) is 24.5 Å². The van der Waals surface area contributed by atoms with Crippen molar-refractivity contribution in [3.05, 3.63) is 22.7 Å². The number of carbonyl (C=O) groups excluding carboxylic acids is 1. The Labute approximate surface area is 107 Å². The molecule has 0 spiro atoms. The highest BCUT2D eigenvalue weighted by Gasteiger charge is 2.22. The van der Waals surface area contributed by atoms with E-state index in [1.165, 1.54) is 18.4 Å². The summed E-state index contributed by atoms with van der Waals surface area (Å²) in [5.74, 6) is 0.367. The minimum absolute atomic E-state index is 0.312. The van der Waals surface area contributed by atoms with Gasteiger partial charge in [0.2, 0.25) is 0 Å². The van der Waals surface area contributed by atoms with Crippen molar-refractivity contribution >= 4 is 29.1 Å². The van der Waals surface area contributed by atoms with Crippen LogP contribution in [0.4, 0.5) is 0 Å². The zero-order valence-electron chi connectivity index (χ0n) is 9.64. The molecular weight excluding hydrogens is 258 g/mol. The van der Waals surface area contributed by atoms with E-state index in [9.17, 15) is 4.79 Å². The molecule has 17 heavy (non-hydrogen) atoms. The molecule has 0 aliphatic rings. The Kier molecular flexibility index (Phi) is 3.54. The fourth-order valence-electron chi connectivity index (χ4n) is 1.55. The molecule has 0 aromatic carbocycles. The molecule has 0 atom stereocenters. The van der Waals surface area contributed by atoms with Gasteiger partial charge in [-0.05, 0) is 18.7 Å². The number of carbonyl (C=O) groups is 1. The first-order valence-corrected chi connectivity index (χ1v) is 6.90. The van der Waals surface area contributed by atoms with Crippen molar-refractivity contribution in [1.82, 2.24) is 5.16 Å². The van der Waals surface area contributed by atoms with Crippen molar-refractivity contribution in [2.24, 2.45) is 0 Å². The summed E-state index contributed by atoms with van der Waals surface area (Å²) in [4.78, 5) is 12.2. The normalized spacial score (nSPS) is 10.5. The SMILES string of the molecule is COC(=O)c1sc(SC)c(-c2ccno2)c1C. The predicted octanol–water partition coefficient (Wildman–Crippen LogP) is 3.22. The average Bonchev–Trinajstić information content (AvgIpc) is 2.95. The topological polar surface area (TPSA) is 52.3 Å². The minimum Gasteiger partial charge on any atom is -0.465 e. The maximum absolute atomic E-state index is 11.6. The zero-order chi connectivity index (χ0) is 12.4. The fraction of sp³-hybridized carbons (Fsp3) is 0.273. The van der Waals surface area contributed by atoms with E-state index in [-0.39, 0.29) is 5.97 Å². The van der Waals surface area contributed by atoms with Gasteiger partial charge in [-0.15, -0.1) is 23.1 Å². The minimum atomic E-state index is -0.312. The Bertz CT molecular complexity index is 531. The molecular formula is C11H11NO3S2. The standard InChI is InChI=1S/C11H11NO3S2/c1-6-8(7-4-5-12-15-7)11(16-3)17-9(6)10(13)14-2/h4-5H,1-3H3. The lowest BCUT2D eigenvalue weighted by Crippen LogP contribution is -1.99. The average molecular weight is 269 g/mol. The summed E-state index contributed by atoms with van der Waals surface area (Å²) in [6.45, 7) is 1.89. The number of thioether (sulfide) groups is 1. The summed E-state index contributed by atoms with van der Waals surface area (Å²) in [7, 11) is 1.38. The Morgan fingerprint density at radius 3 is 2.88 bits per heavy atom. The van der Waals surface area contributed by atoms with Crippen LogP contribution in [-0.2, 0) is 4.74 Å². The molecule has 0 saturated heterocycles. The van der Waals surface area contributed by atoms with Crippen molar-refractivity contribution in [2.45, 2.75) is 11.1 Å². The molecule has 0 fully saturated rings. The third kappa shape index (κ3) is 2.10. The molecule has 0 saturated carbocycles. The summed E-state index contributed by atoms with van der Waals surface area (Å²) in [6, 6.07) is 1.79. The Morgan fingerprint density at radius 2 is 2.35 bits per heavy atom. The number of rotatable bonds is 3. The van der Waals surface area contributed by atoms with Crippen LogP contribution in [0, 0.1) is 6.92 Å². The third-order valence-corrected chi connectivity index (χ3v) is 4.75. The molecule has 2 aromatic rings. The molecule has 2 heterocycles. The molecule has 6 heteroatoms. The van der Waals surface area contributed by atoms with E-state index in [0.29, 0.717) is 10.6 Å². The van der Waals surface area contributed by atoms with E-state index < -0.39 is 0 Å². The van der Waals surface area contributed by atoms with E-state index in [4.69, 9.17) is 9.26 Å². The highest BCUT2D eigenvalue weighted by molar-refractivity contribution is 8.00. The number of nitrogens with zero attached hydrogens (tertiary/aromatic N) is 1. The van der Waals surface area contributed by atoms with Gasteiger partial charge in [0.05, 0.1) is 17.5 Å². The molecule has 0 amide bonds. The maximum Gasteiger partial charge on any atom is 0.348 e. The largest absolute Gasteiger partial charge is 0.465 e. The number of aromatic nitrogens is 1. The van der Waals surface area contributed by atoms with Crippen molar-refractivity contribution in [3.63, 3.8) is 0 Å². The quantitative estimate of drug-likeness (QED) is 0.632. The van der Waals surface area contributed by atoms with Gasteiger partial charge in [-0.2, -0.15) is 0 Å². The maximum atomic E-state index is 11.6. The Balaban J connectivity index is 2.59. The zero-order valence-corrected chi connectivity index (χ0v) is 11.3. The fourth-order valence-corrected chi connectivity index (χ4v) is 3.55. The van der Waals surface area contributed by atoms with E-state index in [1.807, 2.05) is 13.2 Å². The molecule has 0 unspecified atom stereocenters. The molecule has 0 N–H and O–H groups in total. The van der Waals surface area contributed by atoms with Gasteiger partial charge in [-0.3, -0.25) is 0 Å². The van der Waals surface area contributed by atoms with Crippen LogP contribution >= 0.6 is 23.1 Å². The van der Waals surface area contributed by atoms with Gasteiger partial charge < -0.3 is 9.26 Å². The second kappa shape index (κ2) is 4.93. The van der Waals surface area contributed by atoms with Crippen molar-refractivity contribution < 1.29 is 14.1 Å². The van der Waals surface area contributed by atoms with Gasteiger partial charge in [0.25, 0.3) is 0 Å². The second-order valence-corrected chi connectivity index (χ2v) is 5.39. The van der Waals surface area contributed by atoms with Gasteiger partial charge in [0, 0.05) is 11.6 Å². The lowest BCUT2D eigenvalue weighted by molar-refractivity contribution is 0.0605.